The highest BCUT2D eigenvalue weighted by molar-refractivity contribution is 5.82. The molecule has 0 unspecified atom stereocenters. The first-order chi connectivity index (χ1) is 11.9. The number of benzene rings is 2. The van der Waals surface area contributed by atoms with Crippen LogP contribution < -0.4 is 26.8 Å². The number of anilines is 2. The molecule has 25 heavy (non-hydrogen) atoms. The Bertz CT molecular complexity index is 777. The monoisotopic (exact) mass is 335 g/mol. The molecule has 0 aromatic heterocycles. The van der Waals surface area contributed by atoms with Crippen molar-refractivity contribution in [3.05, 3.63) is 91.0 Å². The Hall–Kier alpha value is -3.34. The van der Waals surface area contributed by atoms with Crippen LogP contribution in [-0.4, -0.2) is 7.05 Å². The molecule has 0 atom stereocenters. The van der Waals surface area contributed by atoms with E-state index in [2.05, 4.69) is 48.9 Å². The van der Waals surface area contributed by atoms with Gasteiger partial charge in [0.25, 0.3) is 0 Å². The first-order valence-corrected chi connectivity index (χ1v) is 7.92. The minimum atomic E-state index is 0.299. The number of hydrogen-bond acceptors (Lipinski definition) is 5. The van der Waals surface area contributed by atoms with Crippen molar-refractivity contribution >= 4 is 17.1 Å². The molecular weight excluding hydrogens is 310 g/mol. The maximum Gasteiger partial charge on any atom is 0.122 e. The highest BCUT2D eigenvalue weighted by Gasteiger charge is 2.17. The lowest BCUT2D eigenvalue weighted by atomic mass is 10.1. The van der Waals surface area contributed by atoms with E-state index in [-0.39, 0.29) is 0 Å². The molecule has 5 heteroatoms. The van der Waals surface area contributed by atoms with Crippen LogP contribution in [0.25, 0.3) is 5.70 Å². The van der Waals surface area contributed by atoms with E-state index in [1.54, 1.807) is 0 Å². The summed E-state index contributed by atoms with van der Waals surface area (Å²) in [5.74, 6) is 0.880. The quantitative estimate of drug-likeness (QED) is 0.556. The molecule has 0 saturated heterocycles. The summed E-state index contributed by atoms with van der Waals surface area (Å²) in [5, 5.41) is 3.11. The molecule has 2 aromatic carbocycles. The van der Waals surface area contributed by atoms with Crippen LogP contribution in [0.5, 0.6) is 0 Å². The number of nitrogens with two attached hydrogens (primary N) is 1. The SMILES string of the molecule is C=C(N)NNC(=C)N(C(=C)c1ccccc1C)c1ccc(NC)cc1. The van der Waals surface area contributed by atoms with Crippen molar-refractivity contribution in [1.82, 2.24) is 10.9 Å². The smallest absolute Gasteiger partial charge is 0.122 e. The van der Waals surface area contributed by atoms with E-state index in [1.807, 2.05) is 54.4 Å². The third-order valence-corrected chi connectivity index (χ3v) is 3.78. The molecule has 0 saturated carbocycles. The number of hydrazine groups is 1. The molecule has 0 fully saturated rings. The molecule has 0 aliphatic heterocycles. The Kier molecular flexibility index (Phi) is 5.74. The van der Waals surface area contributed by atoms with Crippen molar-refractivity contribution in [1.29, 1.82) is 0 Å². The van der Waals surface area contributed by atoms with Gasteiger partial charge in [-0.3, -0.25) is 15.8 Å². The molecule has 5 nitrogen and oxygen atoms in total. The molecule has 0 heterocycles. The maximum atomic E-state index is 5.57. The van der Waals surface area contributed by atoms with Crippen LogP contribution in [0, 0.1) is 6.92 Å². The zero-order chi connectivity index (χ0) is 18.4. The van der Waals surface area contributed by atoms with E-state index in [0.717, 1.165) is 28.2 Å². The lowest BCUT2D eigenvalue weighted by Gasteiger charge is -2.30. The van der Waals surface area contributed by atoms with E-state index in [4.69, 9.17) is 5.73 Å². The highest BCUT2D eigenvalue weighted by Crippen LogP contribution is 2.30. The van der Waals surface area contributed by atoms with Crippen LogP contribution in [0.4, 0.5) is 11.4 Å². The fourth-order valence-electron chi connectivity index (χ4n) is 2.48. The van der Waals surface area contributed by atoms with E-state index < -0.39 is 0 Å². The summed E-state index contributed by atoms with van der Waals surface area (Å²) in [6.07, 6.45) is 0. The molecule has 0 bridgehead atoms. The number of rotatable bonds is 8. The van der Waals surface area contributed by atoms with Gasteiger partial charge >= 0.3 is 0 Å². The molecule has 2 aromatic rings. The first kappa shape index (κ1) is 18.0. The molecule has 0 aliphatic carbocycles. The van der Waals surface area contributed by atoms with E-state index in [0.29, 0.717) is 11.6 Å². The Morgan fingerprint density at radius 1 is 0.960 bits per heavy atom. The minimum absolute atomic E-state index is 0.299. The summed E-state index contributed by atoms with van der Waals surface area (Å²) in [7, 11) is 1.89. The lowest BCUT2D eigenvalue weighted by molar-refractivity contribution is 0.675. The highest BCUT2D eigenvalue weighted by atomic mass is 15.5. The summed E-state index contributed by atoms with van der Waals surface area (Å²) in [5.41, 5.74) is 16.2. The minimum Gasteiger partial charge on any atom is -0.388 e. The molecule has 130 valence electrons. The molecule has 0 aliphatic rings. The number of aryl methyl sites for hydroxylation is 1. The zero-order valence-electron chi connectivity index (χ0n) is 14.8. The summed E-state index contributed by atoms with van der Waals surface area (Å²) in [6, 6.07) is 16.1. The van der Waals surface area contributed by atoms with E-state index in [9.17, 15) is 0 Å². The second kappa shape index (κ2) is 7.97. The van der Waals surface area contributed by atoms with Gasteiger partial charge < -0.3 is 11.1 Å². The standard InChI is InChI=1S/C20H25N5/c1-14-8-6-7-9-20(14)15(2)25(17(4)24-23-16(3)21)19-12-10-18(22-5)11-13-19/h6-13,22-24H,2-4,21H2,1,5H3. The Labute approximate surface area is 149 Å². The fraction of sp³-hybridized carbons (Fsp3) is 0.100. The second-order valence-corrected chi connectivity index (χ2v) is 5.62. The van der Waals surface area contributed by atoms with Crippen LogP contribution in [0.2, 0.25) is 0 Å². The van der Waals surface area contributed by atoms with Crippen molar-refractivity contribution in [2.45, 2.75) is 6.92 Å². The van der Waals surface area contributed by atoms with Gasteiger partial charge in [0.2, 0.25) is 0 Å². The summed E-state index contributed by atoms with van der Waals surface area (Å²) < 4.78 is 0. The number of nitrogens with zero attached hydrogens (tertiary/aromatic N) is 1. The van der Waals surface area contributed by atoms with Gasteiger partial charge in [-0.15, -0.1) is 0 Å². The second-order valence-electron chi connectivity index (χ2n) is 5.62. The summed E-state index contributed by atoms with van der Waals surface area (Å²) in [6.45, 7) is 14.1. The van der Waals surface area contributed by atoms with Gasteiger partial charge in [0.05, 0.1) is 0 Å². The van der Waals surface area contributed by atoms with Gasteiger partial charge in [-0.05, 0) is 36.8 Å². The number of nitrogens with one attached hydrogen (secondary N) is 3. The topological polar surface area (TPSA) is 65.3 Å². The fourth-order valence-corrected chi connectivity index (χ4v) is 2.48. The van der Waals surface area contributed by atoms with Crippen molar-refractivity contribution in [2.75, 3.05) is 17.3 Å². The first-order valence-electron chi connectivity index (χ1n) is 7.92. The van der Waals surface area contributed by atoms with Gasteiger partial charge in [-0.25, -0.2) is 0 Å². The van der Waals surface area contributed by atoms with Crippen molar-refractivity contribution < 1.29 is 0 Å². The predicted octanol–water partition coefficient (Wildman–Crippen LogP) is 3.51. The third-order valence-electron chi connectivity index (χ3n) is 3.78. The van der Waals surface area contributed by atoms with Gasteiger partial charge in [-0.1, -0.05) is 44.0 Å². The van der Waals surface area contributed by atoms with Gasteiger partial charge in [0, 0.05) is 29.7 Å². The molecule has 0 amide bonds. The number of hydrogen-bond donors (Lipinski definition) is 4. The van der Waals surface area contributed by atoms with Crippen LogP contribution in [0.3, 0.4) is 0 Å². The van der Waals surface area contributed by atoms with Crippen molar-refractivity contribution in [3.8, 4) is 0 Å². The van der Waals surface area contributed by atoms with E-state index >= 15 is 0 Å². The average molecular weight is 335 g/mol. The van der Waals surface area contributed by atoms with Crippen LogP contribution in [-0.2, 0) is 0 Å². The normalized spacial score (nSPS) is 9.84. The Morgan fingerprint density at radius 2 is 1.60 bits per heavy atom. The Morgan fingerprint density at radius 3 is 2.16 bits per heavy atom. The lowest BCUT2D eigenvalue weighted by Crippen LogP contribution is -2.39. The van der Waals surface area contributed by atoms with Gasteiger partial charge in [-0.2, -0.15) is 0 Å². The van der Waals surface area contributed by atoms with Crippen molar-refractivity contribution in [2.24, 2.45) is 5.73 Å². The molecule has 2 rings (SSSR count). The maximum absolute atomic E-state index is 5.57. The summed E-state index contributed by atoms with van der Waals surface area (Å²) >= 11 is 0. The van der Waals surface area contributed by atoms with Crippen LogP contribution >= 0.6 is 0 Å². The molecular formula is C20H25N5. The van der Waals surface area contributed by atoms with Crippen molar-refractivity contribution in [3.63, 3.8) is 0 Å². The largest absolute Gasteiger partial charge is 0.388 e. The van der Waals surface area contributed by atoms with Crippen LogP contribution in [0.15, 0.2) is 79.9 Å². The summed E-state index contributed by atoms with van der Waals surface area (Å²) in [4.78, 5) is 1.93. The zero-order valence-corrected chi connectivity index (χ0v) is 14.8. The molecule has 0 spiro atoms. The average Bonchev–Trinajstić information content (AvgIpc) is 2.61. The molecule has 5 N–H and O–H groups in total. The Balaban J connectivity index is 2.40. The van der Waals surface area contributed by atoms with E-state index in [1.165, 1.54) is 0 Å². The predicted molar refractivity (Wildman–Crippen MR) is 107 cm³/mol. The molecule has 0 radical (unpaired) electrons. The van der Waals surface area contributed by atoms with Gasteiger partial charge in [0.15, 0.2) is 0 Å². The van der Waals surface area contributed by atoms with Crippen LogP contribution in [0.1, 0.15) is 11.1 Å². The third kappa shape index (κ3) is 4.35. The van der Waals surface area contributed by atoms with Gasteiger partial charge in [0.1, 0.15) is 11.6 Å².